The highest BCUT2D eigenvalue weighted by Gasteiger charge is 2.27. The average molecular weight is 377 g/mol. The summed E-state index contributed by atoms with van der Waals surface area (Å²) in [5.74, 6) is 0.938. The summed E-state index contributed by atoms with van der Waals surface area (Å²) in [7, 11) is 0. The fourth-order valence-electron chi connectivity index (χ4n) is 2.59. The number of hydrogen-bond donors (Lipinski definition) is 2. The lowest BCUT2D eigenvalue weighted by Gasteiger charge is -2.23. The predicted octanol–water partition coefficient (Wildman–Crippen LogP) is 2.81. The maximum Gasteiger partial charge on any atom is 0.231 e. The quantitative estimate of drug-likeness (QED) is 0.856. The number of aromatic nitrogens is 3. The van der Waals surface area contributed by atoms with Gasteiger partial charge in [-0.25, -0.2) is 0 Å². The van der Waals surface area contributed by atoms with Crippen molar-refractivity contribution in [3.63, 3.8) is 0 Å². The maximum atomic E-state index is 9.45. The van der Waals surface area contributed by atoms with Gasteiger partial charge in [-0.15, -0.1) is 12.4 Å². The Bertz CT molecular complexity index is 700. The Morgan fingerprint density at radius 3 is 2.78 bits per heavy atom. The van der Waals surface area contributed by atoms with Crippen molar-refractivity contribution in [3.05, 3.63) is 28.2 Å². The molecular weight excluding hydrogens is 361 g/mol. The molecule has 2 heterocycles. The van der Waals surface area contributed by atoms with Crippen molar-refractivity contribution in [2.45, 2.75) is 18.9 Å². The van der Waals surface area contributed by atoms with Gasteiger partial charge in [-0.05, 0) is 31.0 Å². The molecule has 1 fully saturated rings. The molecule has 3 N–H and O–H groups in total. The molecule has 1 unspecified atom stereocenters. The normalized spacial score (nSPS) is 17.2. The largest absolute Gasteiger partial charge is 0.394 e. The van der Waals surface area contributed by atoms with Crippen molar-refractivity contribution in [2.24, 2.45) is 0 Å². The number of nitrogens with zero attached hydrogens (tertiary/aromatic N) is 4. The van der Waals surface area contributed by atoms with E-state index in [-0.39, 0.29) is 31.0 Å². The van der Waals surface area contributed by atoms with Crippen LogP contribution in [0.1, 0.15) is 12.8 Å². The summed E-state index contributed by atoms with van der Waals surface area (Å²) in [6.07, 6.45) is 1.87. The molecule has 0 aliphatic carbocycles. The first-order chi connectivity index (χ1) is 10.6. The van der Waals surface area contributed by atoms with E-state index in [1.807, 2.05) is 4.90 Å². The van der Waals surface area contributed by atoms with E-state index < -0.39 is 0 Å². The number of aliphatic hydroxyl groups is 1. The minimum Gasteiger partial charge on any atom is -0.394 e. The van der Waals surface area contributed by atoms with Crippen LogP contribution in [0, 0.1) is 0 Å². The number of hydrogen-bond acceptors (Lipinski definition) is 6. The van der Waals surface area contributed by atoms with Gasteiger partial charge in [0.05, 0.1) is 17.7 Å². The van der Waals surface area contributed by atoms with E-state index in [9.17, 15) is 5.11 Å². The van der Waals surface area contributed by atoms with E-state index in [0.29, 0.717) is 27.4 Å². The second kappa shape index (κ2) is 7.49. The van der Waals surface area contributed by atoms with Crippen molar-refractivity contribution in [1.29, 1.82) is 0 Å². The van der Waals surface area contributed by atoms with Crippen molar-refractivity contribution < 1.29 is 5.11 Å². The topological polar surface area (TPSA) is 88.2 Å². The molecular formula is C14H16Cl3N5O. The number of rotatable bonds is 3. The third kappa shape index (κ3) is 3.77. The van der Waals surface area contributed by atoms with Crippen molar-refractivity contribution >= 4 is 47.5 Å². The van der Waals surface area contributed by atoms with E-state index in [4.69, 9.17) is 28.9 Å². The third-order valence-electron chi connectivity index (χ3n) is 3.65. The molecule has 0 spiro atoms. The Hall–Kier alpha value is -1.34. The van der Waals surface area contributed by atoms with E-state index >= 15 is 0 Å². The zero-order valence-corrected chi connectivity index (χ0v) is 14.4. The van der Waals surface area contributed by atoms with Crippen molar-refractivity contribution in [1.82, 2.24) is 15.0 Å². The highest BCUT2D eigenvalue weighted by Crippen LogP contribution is 2.30. The molecule has 9 heteroatoms. The molecule has 124 valence electrons. The van der Waals surface area contributed by atoms with Gasteiger partial charge in [-0.3, -0.25) is 0 Å². The van der Waals surface area contributed by atoms with Crippen molar-refractivity contribution in [2.75, 3.05) is 23.8 Å². The van der Waals surface area contributed by atoms with Crippen LogP contribution in [0.4, 0.5) is 11.9 Å². The zero-order chi connectivity index (χ0) is 15.7. The summed E-state index contributed by atoms with van der Waals surface area (Å²) in [5, 5.41) is 10.5. The summed E-state index contributed by atoms with van der Waals surface area (Å²) in [4.78, 5) is 14.7. The molecule has 1 aromatic heterocycles. The molecule has 0 bridgehead atoms. The minimum atomic E-state index is 0. The second-order valence-corrected chi connectivity index (χ2v) is 5.96. The first-order valence-corrected chi connectivity index (χ1v) is 7.68. The van der Waals surface area contributed by atoms with Crippen LogP contribution in [0.2, 0.25) is 10.0 Å². The molecule has 23 heavy (non-hydrogen) atoms. The number of aliphatic hydroxyl groups excluding tert-OH is 1. The zero-order valence-electron chi connectivity index (χ0n) is 12.1. The number of benzene rings is 1. The van der Waals surface area contributed by atoms with Gasteiger partial charge in [-0.1, -0.05) is 23.2 Å². The van der Waals surface area contributed by atoms with Gasteiger partial charge < -0.3 is 15.7 Å². The van der Waals surface area contributed by atoms with Crippen LogP contribution in [0.3, 0.4) is 0 Å². The maximum absolute atomic E-state index is 9.45. The van der Waals surface area contributed by atoms with Crippen LogP contribution in [-0.2, 0) is 0 Å². The predicted molar refractivity (Wildman–Crippen MR) is 94.4 cm³/mol. The molecule has 1 aliphatic rings. The number of nitrogen functional groups attached to an aromatic ring is 1. The second-order valence-electron chi connectivity index (χ2n) is 5.11. The van der Waals surface area contributed by atoms with Gasteiger partial charge in [0.1, 0.15) is 0 Å². The highest BCUT2D eigenvalue weighted by atomic mass is 35.5. The van der Waals surface area contributed by atoms with E-state index in [0.717, 1.165) is 19.4 Å². The molecule has 1 aliphatic heterocycles. The summed E-state index contributed by atoms with van der Waals surface area (Å²) in [6, 6.07) is 5.08. The van der Waals surface area contributed by atoms with Gasteiger partial charge in [0.25, 0.3) is 0 Å². The summed E-state index contributed by atoms with van der Waals surface area (Å²) >= 11 is 12.2. The summed E-state index contributed by atoms with van der Waals surface area (Å²) < 4.78 is 0. The van der Waals surface area contributed by atoms with Crippen LogP contribution in [0.15, 0.2) is 18.2 Å². The van der Waals surface area contributed by atoms with Crippen LogP contribution < -0.4 is 10.6 Å². The molecule has 0 amide bonds. The van der Waals surface area contributed by atoms with E-state index in [1.165, 1.54) is 0 Å². The fourth-order valence-corrected chi connectivity index (χ4v) is 2.96. The molecule has 6 nitrogen and oxygen atoms in total. The third-order valence-corrected chi connectivity index (χ3v) is 4.22. The lowest BCUT2D eigenvalue weighted by molar-refractivity contribution is 0.265. The van der Waals surface area contributed by atoms with E-state index in [2.05, 4.69) is 15.0 Å². The lowest BCUT2D eigenvalue weighted by Crippen LogP contribution is -2.33. The standard InChI is InChI=1S/C14H15Cl2N5O.ClH/c15-8-3-4-11(16)10(6-8)12-18-13(17)20-14(19-12)21-5-1-2-9(21)7-22;/h3-4,6,9,22H,1-2,5,7H2,(H2,17,18,19,20);1H. The number of halogens is 3. The van der Waals surface area contributed by atoms with Crippen LogP contribution in [0.25, 0.3) is 11.4 Å². The molecule has 0 saturated carbocycles. The number of nitrogens with two attached hydrogens (primary N) is 1. The van der Waals surface area contributed by atoms with Gasteiger partial charge in [0.2, 0.25) is 11.9 Å². The highest BCUT2D eigenvalue weighted by molar-refractivity contribution is 6.35. The van der Waals surface area contributed by atoms with Gasteiger partial charge in [-0.2, -0.15) is 15.0 Å². The minimum absolute atomic E-state index is 0. The molecule has 2 aromatic rings. The Morgan fingerprint density at radius 2 is 2.04 bits per heavy atom. The monoisotopic (exact) mass is 375 g/mol. The Morgan fingerprint density at radius 1 is 1.26 bits per heavy atom. The van der Waals surface area contributed by atoms with E-state index in [1.54, 1.807) is 18.2 Å². The molecule has 1 aromatic carbocycles. The Balaban J connectivity index is 0.00000192. The SMILES string of the molecule is Cl.Nc1nc(-c2cc(Cl)ccc2Cl)nc(N2CCCC2CO)n1. The number of anilines is 2. The average Bonchev–Trinajstić information content (AvgIpc) is 2.97. The van der Waals surface area contributed by atoms with Gasteiger partial charge >= 0.3 is 0 Å². The fraction of sp³-hybridized carbons (Fsp3) is 0.357. The summed E-state index contributed by atoms with van der Waals surface area (Å²) in [6.45, 7) is 0.830. The molecule has 3 rings (SSSR count). The smallest absolute Gasteiger partial charge is 0.231 e. The molecule has 1 atom stereocenters. The molecule has 0 radical (unpaired) electrons. The van der Waals surface area contributed by atoms with Gasteiger partial charge in [0.15, 0.2) is 5.82 Å². The van der Waals surface area contributed by atoms with Crippen LogP contribution >= 0.6 is 35.6 Å². The first kappa shape index (κ1) is 18.0. The van der Waals surface area contributed by atoms with Crippen LogP contribution in [0.5, 0.6) is 0 Å². The first-order valence-electron chi connectivity index (χ1n) is 6.93. The lowest BCUT2D eigenvalue weighted by atomic mass is 10.2. The summed E-state index contributed by atoms with van der Waals surface area (Å²) in [5.41, 5.74) is 6.41. The van der Waals surface area contributed by atoms with Crippen LogP contribution in [-0.4, -0.2) is 39.3 Å². The van der Waals surface area contributed by atoms with Gasteiger partial charge in [0, 0.05) is 17.1 Å². The van der Waals surface area contributed by atoms with Crippen molar-refractivity contribution in [3.8, 4) is 11.4 Å². The Kier molecular flexibility index (Phi) is 5.86. The molecule has 1 saturated heterocycles. The Labute approximate surface area is 150 Å².